The van der Waals surface area contributed by atoms with E-state index in [1.807, 2.05) is 0 Å². The van der Waals surface area contributed by atoms with Gasteiger partial charge in [0.2, 0.25) is 0 Å². The Labute approximate surface area is 114 Å². The number of hydrogen-bond donors (Lipinski definition) is 0. The van der Waals surface area contributed by atoms with Crippen LogP contribution in [0.2, 0.25) is 0 Å². The molecule has 0 N–H and O–H groups in total. The number of fused-ring (bicyclic) bond motifs is 5. The molecule has 4 aliphatic rings. The molecule has 0 bridgehead atoms. The SMILES string of the molecule is C[C@@]12C=CC=C1C1=CC=C3CCCC[C@@H]3[C@H]1C(=O)C2. The van der Waals surface area contributed by atoms with Crippen LogP contribution >= 0.6 is 0 Å². The summed E-state index contributed by atoms with van der Waals surface area (Å²) in [6.07, 6.45) is 16.8. The summed E-state index contributed by atoms with van der Waals surface area (Å²) in [5.41, 5.74) is 4.22. The Bertz CT molecular complexity index is 572. The van der Waals surface area contributed by atoms with Crippen molar-refractivity contribution in [3.63, 3.8) is 0 Å². The molecule has 0 aromatic heterocycles. The normalized spacial score (nSPS) is 39.8. The van der Waals surface area contributed by atoms with E-state index in [0.29, 0.717) is 18.1 Å². The van der Waals surface area contributed by atoms with Crippen LogP contribution in [0.25, 0.3) is 0 Å². The van der Waals surface area contributed by atoms with Gasteiger partial charge in [0.15, 0.2) is 0 Å². The highest BCUT2D eigenvalue weighted by Crippen LogP contribution is 2.54. The maximum atomic E-state index is 12.7. The number of carbonyl (C=O) groups is 1. The fraction of sp³-hybridized carbons (Fsp3) is 0.500. The van der Waals surface area contributed by atoms with Crippen LogP contribution < -0.4 is 0 Å². The van der Waals surface area contributed by atoms with Gasteiger partial charge in [-0.3, -0.25) is 4.79 Å². The maximum absolute atomic E-state index is 12.7. The van der Waals surface area contributed by atoms with Gasteiger partial charge in [0.05, 0.1) is 0 Å². The Balaban J connectivity index is 1.82. The first kappa shape index (κ1) is 11.5. The van der Waals surface area contributed by atoms with E-state index < -0.39 is 0 Å². The lowest BCUT2D eigenvalue weighted by Gasteiger charge is -2.44. The second kappa shape index (κ2) is 3.82. The Morgan fingerprint density at radius 3 is 3.00 bits per heavy atom. The Morgan fingerprint density at radius 1 is 1.21 bits per heavy atom. The minimum absolute atomic E-state index is 0.0283. The average Bonchev–Trinajstić information content (AvgIpc) is 2.79. The second-order valence-electron chi connectivity index (χ2n) is 6.69. The summed E-state index contributed by atoms with van der Waals surface area (Å²) in [5, 5.41) is 0. The molecule has 0 amide bonds. The third kappa shape index (κ3) is 1.51. The summed E-state index contributed by atoms with van der Waals surface area (Å²) in [6.45, 7) is 2.21. The lowest BCUT2D eigenvalue weighted by Crippen LogP contribution is -2.40. The monoisotopic (exact) mass is 252 g/mol. The van der Waals surface area contributed by atoms with E-state index in [-0.39, 0.29) is 11.3 Å². The number of ketones is 1. The minimum Gasteiger partial charge on any atom is -0.299 e. The lowest BCUT2D eigenvalue weighted by atomic mass is 9.59. The number of allylic oxidation sites excluding steroid dienone is 8. The van der Waals surface area contributed by atoms with Crippen molar-refractivity contribution in [3.05, 3.63) is 47.1 Å². The zero-order valence-electron chi connectivity index (χ0n) is 11.5. The molecule has 0 heterocycles. The van der Waals surface area contributed by atoms with Crippen LogP contribution in [0.4, 0.5) is 0 Å². The van der Waals surface area contributed by atoms with Crippen molar-refractivity contribution in [2.45, 2.75) is 39.0 Å². The summed E-state index contributed by atoms with van der Waals surface area (Å²) in [4.78, 5) is 12.7. The molecule has 3 atom stereocenters. The van der Waals surface area contributed by atoms with Crippen LogP contribution in [0.3, 0.4) is 0 Å². The van der Waals surface area contributed by atoms with Gasteiger partial charge >= 0.3 is 0 Å². The van der Waals surface area contributed by atoms with E-state index in [1.54, 1.807) is 0 Å². The number of Topliss-reactive ketones (excluding diaryl/α,β-unsaturated/α-hetero) is 1. The first-order chi connectivity index (χ1) is 9.19. The Hall–Kier alpha value is -1.37. The molecule has 0 aliphatic heterocycles. The molecule has 98 valence electrons. The molecule has 1 heteroatoms. The molecule has 4 aliphatic carbocycles. The summed E-state index contributed by atoms with van der Waals surface area (Å²) in [6, 6.07) is 0. The van der Waals surface area contributed by atoms with Gasteiger partial charge in [-0.1, -0.05) is 49.3 Å². The van der Waals surface area contributed by atoms with Gasteiger partial charge in [-0.05, 0) is 36.3 Å². The molecule has 0 radical (unpaired) electrons. The van der Waals surface area contributed by atoms with Crippen LogP contribution in [0.5, 0.6) is 0 Å². The third-order valence-electron chi connectivity index (χ3n) is 5.46. The molecule has 0 saturated heterocycles. The van der Waals surface area contributed by atoms with Crippen molar-refractivity contribution in [1.29, 1.82) is 0 Å². The molecule has 19 heavy (non-hydrogen) atoms. The third-order valence-corrected chi connectivity index (χ3v) is 5.46. The highest BCUT2D eigenvalue weighted by atomic mass is 16.1. The Morgan fingerprint density at radius 2 is 2.11 bits per heavy atom. The van der Waals surface area contributed by atoms with Crippen LogP contribution in [0, 0.1) is 17.3 Å². The van der Waals surface area contributed by atoms with Crippen LogP contribution in [-0.4, -0.2) is 5.78 Å². The fourth-order valence-corrected chi connectivity index (χ4v) is 4.51. The number of hydrogen-bond acceptors (Lipinski definition) is 1. The van der Waals surface area contributed by atoms with Gasteiger partial charge in [0, 0.05) is 17.8 Å². The van der Waals surface area contributed by atoms with E-state index in [2.05, 4.69) is 37.3 Å². The van der Waals surface area contributed by atoms with Crippen molar-refractivity contribution in [2.75, 3.05) is 0 Å². The van der Waals surface area contributed by atoms with Crippen molar-refractivity contribution in [2.24, 2.45) is 17.3 Å². The highest BCUT2D eigenvalue weighted by molar-refractivity contribution is 5.90. The first-order valence-corrected chi connectivity index (χ1v) is 7.53. The summed E-state index contributed by atoms with van der Waals surface area (Å²) in [5.74, 6) is 1.14. The predicted molar refractivity (Wildman–Crippen MR) is 76.6 cm³/mol. The van der Waals surface area contributed by atoms with E-state index in [4.69, 9.17) is 0 Å². The standard InChI is InChI=1S/C18H20O/c1-18-10-4-7-15(18)14-9-8-12-5-2-3-6-13(12)17(14)16(19)11-18/h4,7-10,13,17H,2-3,5-6,11H2,1H3/t13-,17+,18-/m0/s1. The zero-order valence-corrected chi connectivity index (χ0v) is 11.5. The van der Waals surface area contributed by atoms with Crippen molar-refractivity contribution < 1.29 is 4.79 Å². The average molecular weight is 252 g/mol. The molecule has 2 fully saturated rings. The van der Waals surface area contributed by atoms with E-state index >= 15 is 0 Å². The smallest absolute Gasteiger partial charge is 0.142 e. The maximum Gasteiger partial charge on any atom is 0.142 e. The van der Waals surface area contributed by atoms with E-state index in [9.17, 15) is 4.79 Å². The minimum atomic E-state index is -0.0283. The summed E-state index contributed by atoms with van der Waals surface area (Å²) >= 11 is 0. The van der Waals surface area contributed by atoms with Gasteiger partial charge in [0.1, 0.15) is 5.78 Å². The van der Waals surface area contributed by atoms with Crippen molar-refractivity contribution in [1.82, 2.24) is 0 Å². The van der Waals surface area contributed by atoms with Crippen LogP contribution in [-0.2, 0) is 4.79 Å². The molecule has 2 saturated carbocycles. The molecular weight excluding hydrogens is 232 g/mol. The predicted octanol–water partition coefficient (Wildman–Crippen LogP) is 4.13. The van der Waals surface area contributed by atoms with Crippen molar-refractivity contribution >= 4 is 5.78 Å². The van der Waals surface area contributed by atoms with Gasteiger partial charge in [-0.15, -0.1) is 0 Å². The topological polar surface area (TPSA) is 17.1 Å². The molecule has 4 rings (SSSR count). The van der Waals surface area contributed by atoms with Gasteiger partial charge in [0.25, 0.3) is 0 Å². The highest BCUT2D eigenvalue weighted by Gasteiger charge is 2.47. The van der Waals surface area contributed by atoms with Crippen molar-refractivity contribution in [3.8, 4) is 0 Å². The number of rotatable bonds is 0. The quantitative estimate of drug-likeness (QED) is 0.633. The molecule has 0 unspecified atom stereocenters. The summed E-state index contributed by atoms with van der Waals surface area (Å²) < 4.78 is 0. The van der Waals surface area contributed by atoms with E-state index in [0.717, 1.165) is 0 Å². The van der Waals surface area contributed by atoms with Gasteiger partial charge in [-0.25, -0.2) is 0 Å². The van der Waals surface area contributed by atoms with Crippen LogP contribution in [0.1, 0.15) is 39.0 Å². The molecule has 0 spiro atoms. The summed E-state index contributed by atoms with van der Waals surface area (Å²) in [7, 11) is 0. The molecule has 1 nitrogen and oxygen atoms in total. The molecule has 0 aromatic carbocycles. The first-order valence-electron chi connectivity index (χ1n) is 7.53. The molecule has 0 aromatic rings. The number of carbonyl (C=O) groups excluding carboxylic acids is 1. The fourth-order valence-electron chi connectivity index (χ4n) is 4.51. The zero-order chi connectivity index (χ0) is 13.0. The lowest BCUT2D eigenvalue weighted by molar-refractivity contribution is -0.125. The molecular formula is C18H20O. The van der Waals surface area contributed by atoms with Gasteiger partial charge < -0.3 is 0 Å². The second-order valence-corrected chi connectivity index (χ2v) is 6.69. The van der Waals surface area contributed by atoms with Crippen LogP contribution in [0.15, 0.2) is 47.1 Å². The largest absolute Gasteiger partial charge is 0.299 e. The van der Waals surface area contributed by atoms with Gasteiger partial charge in [-0.2, -0.15) is 0 Å². The Kier molecular flexibility index (Phi) is 2.30. The van der Waals surface area contributed by atoms with E-state index in [1.165, 1.54) is 42.4 Å².